The van der Waals surface area contributed by atoms with Crippen LogP contribution < -0.4 is 10.6 Å². The largest absolute Gasteiger partial charge is 0.379 e. The summed E-state index contributed by atoms with van der Waals surface area (Å²) in [6, 6.07) is 9.88. The van der Waals surface area contributed by atoms with Crippen LogP contribution in [0.15, 0.2) is 30.3 Å². The summed E-state index contributed by atoms with van der Waals surface area (Å²) in [5.41, 5.74) is 1.11. The molecular weight excluding hydrogens is 266 g/mol. The van der Waals surface area contributed by atoms with Gasteiger partial charge in [-0.1, -0.05) is 30.3 Å². The van der Waals surface area contributed by atoms with Crippen LogP contribution in [0.1, 0.15) is 24.9 Å². The van der Waals surface area contributed by atoms with Crippen LogP contribution in [0, 0.1) is 0 Å². The summed E-state index contributed by atoms with van der Waals surface area (Å²) >= 11 is 0. The Morgan fingerprint density at radius 2 is 2.00 bits per heavy atom. The van der Waals surface area contributed by atoms with Crippen molar-refractivity contribution in [1.82, 2.24) is 15.5 Å². The molecule has 2 amide bonds. The van der Waals surface area contributed by atoms with Crippen molar-refractivity contribution in [1.29, 1.82) is 0 Å². The van der Waals surface area contributed by atoms with Crippen molar-refractivity contribution >= 4 is 6.03 Å². The number of rotatable bonds is 6. The minimum Gasteiger partial charge on any atom is -0.379 e. The third kappa shape index (κ3) is 5.73. The molecule has 1 fully saturated rings. The molecule has 1 unspecified atom stereocenters. The van der Waals surface area contributed by atoms with E-state index >= 15 is 0 Å². The highest BCUT2D eigenvalue weighted by Crippen LogP contribution is 2.10. The van der Waals surface area contributed by atoms with Crippen molar-refractivity contribution in [3.05, 3.63) is 35.9 Å². The van der Waals surface area contributed by atoms with E-state index in [2.05, 4.69) is 15.5 Å². The van der Waals surface area contributed by atoms with Gasteiger partial charge in [-0.25, -0.2) is 4.79 Å². The van der Waals surface area contributed by atoms with Crippen molar-refractivity contribution < 1.29 is 9.53 Å². The molecule has 1 aromatic carbocycles. The topological polar surface area (TPSA) is 53.6 Å². The van der Waals surface area contributed by atoms with E-state index in [1.54, 1.807) is 0 Å². The molecule has 5 heteroatoms. The normalized spacial score (nSPS) is 17.2. The zero-order valence-corrected chi connectivity index (χ0v) is 12.7. The minimum atomic E-state index is -0.103. The molecule has 21 heavy (non-hydrogen) atoms. The Balaban J connectivity index is 1.59. The second-order valence-corrected chi connectivity index (χ2v) is 5.34. The van der Waals surface area contributed by atoms with Crippen LogP contribution in [-0.4, -0.2) is 50.3 Å². The van der Waals surface area contributed by atoms with Crippen LogP contribution >= 0.6 is 0 Å². The Bertz CT molecular complexity index is 419. The SMILES string of the molecule is CC(NC(=O)NCCCN1CCOCC1)c1ccccc1. The molecule has 2 rings (SSSR count). The number of hydrogen-bond acceptors (Lipinski definition) is 3. The summed E-state index contributed by atoms with van der Waals surface area (Å²) in [5, 5.41) is 5.87. The summed E-state index contributed by atoms with van der Waals surface area (Å²) < 4.78 is 5.31. The van der Waals surface area contributed by atoms with Gasteiger partial charge in [0.25, 0.3) is 0 Å². The quantitative estimate of drug-likeness (QED) is 0.785. The molecular formula is C16H25N3O2. The lowest BCUT2D eigenvalue weighted by Crippen LogP contribution is -2.40. The highest BCUT2D eigenvalue weighted by molar-refractivity contribution is 5.74. The van der Waals surface area contributed by atoms with E-state index in [1.165, 1.54) is 0 Å². The van der Waals surface area contributed by atoms with Crippen LogP contribution in [0.2, 0.25) is 0 Å². The maximum atomic E-state index is 11.8. The van der Waals surface area contributed by atoms with E-state index < -0.39 is 0 Å². The fraction of sp³-hybridized carbons (Fsp3) is 0.562. The Hall–Kier alpha value is -1.59. The molecule has 0 radical (unpaired) electrons. The molecule has 116 valence electrons. The predicted octanol–water partition coefficient (Wildman–Crippen LogP) is 1.77. The average Bonchev–Trinajstić information content (AvgIpc) is 2.53. The Morgan fingerprint density at radius 1 is 1.29 bits per heavy atom. The molecule has 0 saturated carbocycles. The Morgan fingerprint density at radius 3 is 2.71 bits per heavy atom. The number of morpholine rings is 1. The van der Waals surface area contributed by atoms with Crippen molar-refractivity contribution in [3.63, 3.8) is 0 Å². The third-order valence-electron chi connectivity index (χ3n) is 3.69. The van der Waals surface area contributed by atoms with Gasteiger partial charge in [0.15, 0.2) is 0 Å². The van der Waals surface area contributed by atoms with E-state index in [4.69, 9.17) is 4.74 Å². The Labute approximate surface area is 126 Å². The Kier molecular flexibility index (Phi) is 6.50. The van der Waals surface area contributed by atoms with Crippen LogP contribution in [0.5, 0.6) is 0 Å². The second-order valence-electron chi connectivity index (χ2n) is 5.34. The number of ether oxygens (including phenoxy) is 1. The van der Waals surface area contributed by atoms with Crippen molar-refractivity contribution in [2.75, 3.05) is 39.4 Å². The lowest BCUT2D eigenvalue weighted by molar-refractivity contribution is 0.0375. The monoisotopic (exact) mass is 291 g/mol. The van der Waals surface area contributed by atoms with Gasteiger partial charge in [0.2, 0.25) is 0 Å². The van der Waals surface area contributed by atoms with E-state index in [-0.39, 0.29) is 12.1 Å². The van der Waals surface area contributed by atoms with E-state index in [1.807, 2.05) is 37.3 Å². The maximum absolute atomic E-state index is 11.8. The van der Waals surface area contributed by atoms with Gasteiger partial charge in [0, 0.05) is 19.6 Å². The number of carbonyl (C=O) groups is 1. The number of amides is 2. The number of nitrogens with one attached hydrogen (secondary N) is 2. The average molecular weight is 291 g/mol. The predicted molar refractivity (Wildman–Crippen MR) is 83.3 cm³/mol. The number of benzene rings is 1. The zero-order valence-electron chi connectivity index (χ0n) is 12.7. The minimum absolute atomic E-state index is 0.0189. The number of hydrogen-bond donors (Lipinski definition) is 2. The van der Waals surface area contributed by atoms with Crippen molar-refractivity contribution in [2.45, 2.75) is 19.4 Å². The number of urea groups is 1. The number of nitrogens with zero attached hydrogens (tertiary/aromatic N) is 1. The lowest BCUT2D eigenvalue weighted by Gasteiger charge is -2.26. The highest BCUT2D eigenvalue weighted by atomic mass is 16.5. The first-order valence-corrected chi connectivity index (χ1v) is 7.65. The molecule has 1 aliphatic rings. The first kappa shape index (κ1) is 15.8. The summed E-state index contributed by atoms with van der Waals surface area (Å²) in [6.45, 7) is 7.34. The summed E-state index contributed by atoms with van der Waals surface area (Å²) in [6.07, 6.45) is 0.965. The van der Waals surface area contributed by atoms with Crippen LogP contribution in [0.4, 0.5) is 4.79 Å². The number of carbonyl (C=O) groups excluding carboxylic acids is 1. The van der Waals surface area contributed by atoms with Gasteiger partial charge < -0.3 is 15.4 Å². The molecule has 5 nitrogen and oxygen atoms in total. The summed E-state index contributed by atoms with van der Waals surface area (Å²) in [4.78, 5) is 14.2. The first-order chi connectivity index (χ1) is 10.3. The highest BCUT2D eigenvalue weighted by Gasteiger charge is 2.10. The fourth-order valence-corrected chi connectivity index (χ4v) is 2.40. The van der Waals surface area contributed by atoms with Gasteiger partial charge in [-0.05, 0) is 25.5 Å². The van der Waals surface area contributed by atoms with Gasteiger partial charge in [-0.15, -0.1) is 0 Å². The van der Waals surface area contributed by atoms with Gasteiger partial charge >= 0.3 is 6.03 Å². The van der Waals surface area contributed by atoms with Crippen LogP contribution in [-0.2, 0) is 4.74 Å². The molecule has 1 aliphatic heterocycles. The first-order valence-electron chi connectivity index (χ1n) is 7.65. The molecule has 0 aliphatic carbocycles. The summed E-state index contributed by atoms with van der Waals surface area (Å²) in [7, 11) is 0. The lowest BCUT2D eigenvalue weighted by atomic mass is 10.1. The maximum Gasteiger partial charge on any atom is 0.315 e. The molecule has 1 atom stereocenters. The van der Waals surface area contributed by atoms with E-state index in [0.29, 0.717) is 6.54 Å². The van der Waals surface area contributed by atoms with Gasteiger partial charge in [0.1, 0.15) is 0 Å². The van der Waals surface area contributed by atoms with Crippen molar-refractivity contribution in [2.24, 2.45) is 0 Å². The second kappa shape index (κ2) is 8.64. The van der Waals surface area contributed by atoms with Gasteiger partial charge in [-0.2, -0.15) is 0 Å². The molecule has 1 heterocycles. The smallest absolute Gasteiger partial charge is 0.315 e. The summed E-state index contributed by atoms with van der Waals surface area (Å²) in [5.74, 6) is 0. The van der Waals surface area contributed by atoms with E-state index in [0.717, 1.165) is 44.8 Å². The fourth-order valence-electron chi connectivity index (χ4n) is 2.40. The third-order valence-corrected chi connectivity index (χ3v) is 3.69. The molecule has 2 N–H and O–H groups in total. The van der Waals surface area contributed by atoms with Gasteiger partial charge in [0.05, 0.1) is 19.3 Å². The standard InChI is InChI=1S/C16H25N3O2/c1-14(15-6-3-2-4-7-15)18-16(20)17-8-5-9-19-10-12-21-13-11-19/h2-4,6-7,14H,5,8-13H2,1H3,(H2,17,18,20). The van der Waals surface area contributed by atoms with Gasteiger partial charge in [-0.3, -0.25) is 4.90 Å². The van der Waals surface area contributed by atoms with Crippen molar-refractivity contribution in [3.8, 4) is 0 Å². The van der Waals surface area contributed by atoms with Crippen LogP contribution in [0.3, 0.4) is 0 Å². The molecule has 0 bridgehead atoms. The molecule has 1 aromatic rings. The van der Waals surface area contributed by atoms with E-state index in [9.17, 15) is 4.79 Å². The molecule has 0 spiro atoms. The molecule has 1 saturated heterocycles. The zero-order chi connectivity index (χ0) is 14.9. The molecule has 0 aromatic heterocycles. The van der Waals surface area contributed by atoms with Crippen LogP contribution in [0.25, 0.3) is 0 Å².